The average molecular weight is 474 g/mol. The molecule has 0 bridgehead atoms. The Morgan fingerprint density at radius 1 is 1.00 bits per heavy atom. The van der Waals surface area contributed by atoms with Gasteiger partial charge in [0.05, 0.1) is 19.1 Å². The SMILES string of the molecule is COc1ccc(NC(=O)[C@H]2Cc3cc(S(=O)(=O)N4CCCC4)ccc3N2C(C)=O)cc1OC. The Balaban J connectivity index is 1.60. The third-order valence-corrected chi connectivity index (χ3v) is 7.93. The van der Waals surface area contributed by atoms with E-state index < -0.39 is 16.1 Å². The van der Waals surface area contributed by atoms with E-state index in [9.17, 15) is 18.0 Å². The van der Waals surface area contributed by atoms with Crippen molar-refractivity contribution >= 4 is 33.2 Å². The molecule has 0 saturated carbocycles. The highest BCUT2D eigenvalue weighted by molar-refractivity contribution is 7.89. The van der Waals surface area contributed by atoms with E-state index in [1.807, 2.05) is 0 Å². The van der Waals surface area contributed by atoms with Crippen molar-refractivity contribution < 1.29 is 27.5 Å². The van der Waals surface area contributed by atoms with Crippen molar-refractivity contribution in [2.45, 2.75) is 37.1 Å². The van der Waals surface area contributed by atoms with Crippen molar-refractivity contribution in [2.24, 2.45) is 0 Å². The van der Waals surface area contributed by atoms with Gasteiger partial charge in [-0.2, -0.15) is 4.31 Å². The molecule has 1 N–H and O–H groups in total. The molecule has 1 fully saturated rings. The predicted molar refractivity (Wildman–Crippen MR) is 123 cm³/mol. The Labute approximate surface area is 193 Å². The van der Waals surface area contributed by atoms with Crippen LogP contribution in [0.15, 0.2) is 41.3 Å². The fourth-order valence-corrected chi connectivity index (χ4v) is 5.97. The fraction of sp³-hybridized carbons (Fsp3) is 0.391. The molecule has 2 amide bonds. The van der Waals surface area contributed by atoms with E-state index in [4.69, 9.17) is 9.47 Å². The summed E-state index contributed by atoms with van der Waals surface area (Å²) in [4.78, 5) is 27.2. The molecule has 0 radical (unpaired) electrons. The standard InChI is InChI=1S/C23H27N3O6S/c1-15(27)26-19-8-7-18(33(29,30)25-10-4-5-11-25)12-16(19)13-20(26)23(28)24-17-6-9-21(31-2)22(14-17)32-3/h6-9,12,14,20H,4-5,10-11,13H2,1-3H3,(H,24,28)/t20-/m1/s1. The normalized spacial score (nSPS) is 18.2. The lowest BCUT2D eigenvalue weighted by Gasteiger charge is -2.23. The predicted octanol–water partition coefficient (Wildman–Crippen LogP) is 2.40. The zero-order chi connectivity index (χ0) is 23.8. The van der Waals surface area contributed by atoms with Crippen molar-refractivity contribution in [3.8, 4) is 11.5 Å². The number of nitrogens with one attached hydrogen (secondary N) is 1. The monoisotopic (exact) mass is 473 g/mol. The van der Waals surface area contributed by atoms with Crippen molar-refractivity contribution in [1.29, 1.82) is 0 Å². The van der Waals surface area contributed by atoms with Gasteiger partial charge in [0.1, 0.15) is 6.04 Å². The average Bonchev–Trinajstić information content (AvgIpc) is 3.47. The van der Waals surface area contributed by atoms with Gasteiger partial charge < -0.3 is 14.8 Å². The summed E-state index contributed by atoms with van der Waals surface area (Å²) in [6, 6.07) is 8.91. The van der Waals surface area contributed by atoms with E-state index >= 15 is 0 Å². The van der Waals surface area contributed by atoms with Gasteiger partial charge in [-0.15, -0.1) is 0 Å². The lowest BCUT2D eigenvalue weighted by molar-refractivity contribution is -0.122. The molecule has 2 aliphatic rings. The van der Waals surface area contributed by atoms with Crippen LogP contribution < -0.4 is 19.7 Å². The maximum absolute atomic E-state index is 13.1. The smallest absolute Gasteiger partial charge is 0.247 e. The van der Waals surface area contributed by atoms with Gasteiger partial charge in [0.15, 0.2) is 11.5 Å². The minimum Gasteiger partial charge on any atom is -0.493 e. The van der Waals surface area contributed by atoms with Gasteiger partial charge in [0, 0.05) is 43.9 Å². The third-order valence-electron chi connectivity index (χ3n) is 6.03. The summed E-state index contributed by atoms with van der Waals surface area (Å²) < 4.78 is 37.9. The van der Waals surface area contributed by atoms with Crippen LogP contribution in [0.2, 0.25) is 0 Å². The number of carbonyl (C=O) groups is 2. The number of hydrogen-bond acceptors (Lipinski definition) is 6. The number of carbonyl (C=O) groups excluding carboxylic acids is 2. The molecule has 1 atom stereocenters. The van der Waals surface area contributed by atoms with E-state index in [2.05, 4.69) is 5.32 Å². The zero-order valence-corrected chi connectivity index (χ0v) is 19.6. The number of ether oxygens (including phenoxy) is 2. The van der Waals surface area contributed by atoms with E-state index in [1.165, 1.54) is 36.4 Å². The van der Waals surface area contributed by atoms with Gasteiger partial charge in [0.2, 0.25) is 21.8 Å². The molecule has 2 heterocycles. The molecule has 2 aliphatic heterocycles. The van der Waals surface area contributed by atoms with E-state index in [-0.39, 0.29) is 23.1 Å². The third kappa shape index (κ3) is 4.28. The summed E-state index contributed by atoms with van der Waals surface area (Å²) in [6.45, 7) is 2.41. The first-order valence-electron chi connectivity index (χ1n) is 10.7. The Bertz CT molecular complexity index is 1190. The number of benzene rings is 2. The zero-order valence-electron chi connectivity index (χ0n) is 18.8. The van der Waals surface area contributed by atoms with Crippen LogP contribution in [0.4, 0.5) is 11.4 Å². The molecule has 176 valence electrons. The first kappa shape index (κ1) is 23.1. The van der Waals surface area contributed by atoms with Crippen molar-refractivity contribution in [2.75, 3.05) is 37.5 Å². The summed E-state index contributed by atoms with van der Waals surface area (Å²) in [5, 5.41) is 2.82. The van der Waals surface area contributed by atoms with Crippen molar-refractivity contribution in [3.05, 3.63) is 42.0 Å². The number of nitrogens with zero attached hydrogens (tertiary/aromatic N) is 2. The Kier molecular flexibility index (Phi) is 6.31. The van der Waals surface area contributed by atoms with Crippen molar-refractivity contribution in [3.63, 3.8) is 0 Å². The summed E-state index contributed by atoms with van der Waals surface area (Å²) >= 11 is 0. The van der Waals surface area contributed by atoms with E-state index in [1.54, 1.807) is 30.3 Å². The highest BCUT2D eigenvalue weighted by Gasteiger charge is 2.38. The summed E-state index contributed by atoms with van der Waals surface area (Å²) in [7, 11) is -0.570. The first-order valence-corrected chi connectivity index (χ1v) is 12.2. The van der Waals surface area contributed by atoms with E-state index in [0.717, 1.165) is 12.8 Å². The number of fused-ring (bicyclic) bond motifs is 1. The molecular weight excluding hydrogens is 446 g/mol. The lowest BCUT2D eigenvalue weighted by atomic mass is 10.1. The minimum absolute atomic E-state index is 0.188. The summed E-state index contributed by atoms with van der Waals surface area (Å²) in [5.41, 5.74) is 1.70. The second kappa shape index (κ2) is 9.03. The maximum Gasteiger partial charge on any atom is 0.247 e. The van der Waals surface area contributed by atoms with Crippen LogP contribution in [0.25, 0.3) is 0 Å². The van der Waals surface area contributed by atoms with Crippen LogP contribution in [0, 0.1) is 0 Å². The number of anilines is 2. The topological polar surface area (TPSA) is 105 Å². The largest absolute Gasteiger partial charge is 0.493 e. The van der Waals surface area contributed by atoms with Gasteiger partial charge in [0.25, 0.3) is 0 Å². The number of rotatable bonds is 6. The molecule has 33 heavy (non-hydrogen) atoms. The van der Waals surface area contributed by atoms with Gasteiger partial charge in [-0.1, -0.05) is 0 Å². The molecule has 9 nitrogen and oxygen atoms in total. The van der Waals surface area contributed by atoms with Gasteiger partial charge in [-0.25, -0.2) is 8.42 Å². The molecule has 0 unspecified atom stereocenters. The van der Waals surface area contributed by atoms with Crippen LogP contribution in [-0.2, 0) is 26.0 Å². The van der Waals surface area contributed by atoms with Crippen LogP contribution in [0.1, 0.15) is 25.3 Å². The first-order chi connectivity index (χ1) is 15.8. The highest BCUT2D eigenvalue weighted by atomic mass is 32.2. The summed E-state index contributed by atoms with van der Waals surface area (Å²) in [5.74, 6) is 0.319. The molecule has 1 saturated heterocycles. The molecule has 0 spiro atoms. The number of methoxy groups -OCH3 is 2. The van der Waals surface area contributed by atoms with Gasteiger partial charge in [-0.3, -0.25) is 14.5 Å². The van der Waals surface area contributed by atoms with E-state index in [0.29, 0.717) is 41.5 Å². The highest BCUT2D eigenvalue weighted by Crippen LogP contribution is 2.36. The minimum atomic E-state index is -3.60. The van der Waals surface area contributed by atoms with Crippen LogP contribution in [0.5, 0.6) is 11.5 Å². The quantitative estimate of drug-likeness (QED) is 0.691. The maximum atomic E-state index is 13.1. The number of sulfonamides is 1. The Morgan fingerprint density at radius 2 is 1.70 bits per heavy atom. The van der Waals surface area contributed by atoms with Gasteiger partial charge in [-0.05, 0) is 48.7 Å². The van der Waals surface area contributed by atoms with Crippen LogP contribution in [-0.4, -0.2) is 57.9 Å². The summed E-state index contributed by atoms with van der Waals surface area (Å²) in [6.07, 6.45) is 1.92. The second-order valence-corrected chi connectivity index (χ2v) is 10.0. The molecule has 0 aromatic heterocycles. The fourth-order valence-electron chi connectivity index (χ4n) is 4.40. The molecular formula is C23H27N3O6S. The van der Waals surface area contributed by atoms with Gasteiger partial charge >= 0.3 is 0 Å². The number of hydrogen-bond donors (Lipinski definition) is 1. The Morgan fingerprint density at radius 3 is 2.33 bits per heavy atom. The molecule has 2 aromatic carbocycles. The molecule has 2 aromatic rings. The van der Waals surface area contributed by atoms with Crippen LogP contribution >= 0.6 is 0 Å². The lowest BCUT2D eigenvalue weighted by Crippen LogP contribution is -2.44. The molecule has 4 rings (SSSR count). The number of amides is 2. The van der Waals surface area contributed by atoms with Crippen LogP contribution in [0.3, 0.4) is 0 Å². The molecule has 10 heteroatoms. The Hall–Kier alpha value is -3.11. The second-order valence-electron chi connectivity index (χ2n) is 8.07. The van der Waals surface area contributed by atoms with Crippen molar-refractivity contribution in [1.82, 2.24) is 4.31 Å². The molecule has 0 aliphatic carbocycles.